The summed E-state index contributed by atoms with van der Waals surface area (Å²) in [5.41, 5.74) is 2.19. The van der Waals surface area contributed by atoms with Crippen molar-refractivity contribution in [2.24, 2.45) is 0 Å². The van der Waals surface area contributed by atoms with Crippen LogP contribution in [0.4, 0.5) is 0 Å². The van der Waals surface area contributed by atoms with E-state index < -0.39 is 5.97 Å². The Kier molecular flexibility index (Phi) is 5.94. The predicted molar refractivity (Wildman–Crippen MR) is 102 cm³/mol. The van der Waals surface area contributed by atoms with Gasteiger partial charge in [-0.1, -0.05) is 66.7 Å². The Morgan fingerprint density at radius 1 is 0.852 bits per heavy atom. The van der Waals surface area contributed by atoms with Crippen LogP contribution in [-0.4, -0.2) is 23.5 Å². The third-order valence-corrected chi connectivity index (χ3v) is 4.01. The number of amides is 1. The number of pyridine rings is 1. The fourth-order valence-corrected chi connectivity index (χ4v) is 2.74. The first-order valence-electron chi connectivity index (χ1n) is 8.74. The number of rotatable bonds is 6. The van der Waals surface area contributed by atoms with Gasteiger partial charge in [-0.05, 0) is 30.2 Å². The molecular weight excluding hydrogens is 340 g/mol. The number of ether oxygens (including phenoxy) is 1. The second-order valence-corrected chi connectivity index (χ2v) is 5.86. The number of hydrogen-bond acceptors (Lipinski definition) is 4. The van der Waals surface area contributed by atoms with Crippen LogP contribution in [0, 0.1) is 0 Å². The molecule has 0 fully saturated rings. The minimum absolute atomic E-state index is 0.112. The van der Waals surface area contributed by atoms with Crippen molar-refractivity contribution < 1.29 is 14.3 Å². The highest BCUT2D eigenvalue weighted by Crippen LogP contribution is 2.22. The van der Waals surface area contributed by atoms with Gasteiger partial charge in [-0.25, -0.2) is 9.78 Å². The summed E-state index contributed by atoms with van der Waals surface area (Å²) >= 11 is 0. The summed E-state index contributed by atoms with van der Waals surface area (Å²) in [6, 6.07) is 23.8. The number of esters is 1. The van der Waals surface area contributed by atoms with E-state index in [1.54, 1.807) is 19.1 Å². The van der Waals surface area contributed by atoms with Crippen LogP contribution in [-0.2, 0) is 4.74 Å². The van der Waals surface area contributed by atoms with Gasteiger partial charge in [0.15, 0.2) is 0 Å². The summed E-state index contributed by atoms with van der Waals surface area (Å²) in [6.07, 6.45) is 0. The second kappa shape index (κ2) is 8.76. The van der Waals surface area contributed by atoms with Gasteiger partial charge in [-0.2, -0.15) is 0 Å². The van der Waals surface area contributed by atoms with Crippen LogP contribution in [0.15, 0.2) is 78.9 Å². The topological polar surface area (TPSA) is 68.3 Å². The normalized spacial score (nSPS) is 10.4. The van der Waals surface area contributed by atoms with Crippen molar-refractivity contribution in [2.75, 3.05) is 6.61 Å². The van der Waals surface area contributed by atoms with Crippen LogP contribution in [0.1, 0.15) is 45.1 Å². The number of carbonyl (C=O) groups excluding carboxylic acids is 2. The maximum absolute atomic E-state index is 12.8. The van der Waals surface area contributed by atoms with Crippen molar-refractivity contribution in [3.8, 4) is 0 Å². The number of hydrogen-bond donors (Lipinski definition) is 1. The Morgan fingerprint density at radius 3 is 1.96 bits per heavy atom. The molecule has 0 aliphatic heterocycles. The summed E-state index contributed by atoms with van der Waals surface area (Å²) in [5, 5.41) is 3.01. The molecule has 0 saturated heterocycles. The van der Waals surface area contributed by atoms with Crippen molar-refractivity contribution in [2.45, 2.75) is 13.0 Å². The Hall–Kier alpha value is -3.47. The zero-order valence-electron chi connectivity index (χ0n) is 15.0. The molecule has 0 unspecified atom stereocenters. The molecule has 0 aliphatic rings. The maximum Gasteiger partial charge on any atom is 0.356 e. The molecule has 0 aliphatic carbocycles. The van der Waals surface area contributed by atoms with Crippen LogP contribution in [0.3, 0.4) is 0 Å². The van der Waals surface area contributed by atoms with E-state index in [9.17, 15) is 9.59 Å². The molecule has 5 nitrogen and oxygen atoms in total. The van der Waals surface area contributed by atoms with Gasteiger partial charge < -0.3 is 10.1 Å². The first-order chi connectivity index (χ1) is 13.2. The van der Waals surface area contributed by atoms with Crippen molar-refractivity contribution in [3.05, 3.63) is 101 Å². The van der Waals surface area contributed by atoms with Gasteiger partial charge in [-0.15, -0.1) is 0 Å². The predicted octanol–water partition coefficient (Wildman–Crippen LogP) is 3.78. The summed E-state index contributed by atoms with van der Waals surface area (Å²) in [7, 11) is 0. The highest BCUT2D eigenvalue weighted by Gasteiger charge is 2.19. The average molecular weight is 360 g/mol. The first-order valence-corrected chi connectivity index (χ1v) is 8.74. The number of aromatic nitrogens is 1. The van der Waals surface area contributed by atoms with E-state index in [0.29, 0.717) is 0 Å². The molecule has 136 valence electrons. The maximum atomic E-state index is 12.8. The van der Waals surface area contributed by atoms with Crippen molar-refractivity contribution in [1.82, 2.24) is 10.3 Å². The lowest BCUT2D eigenvalue weighted by molar-refractivity contribution is 0.0519. The minimum atomic E-state index is -0.546. The van der Waals surface area contributed by atoms with Crippen molar-refractivity contribution in [1.29, 1.82) is 0 Å². The smallest absolute Gasteiger partial charge is 0.356 e. The summed E-state index contributed by atoms with van der Waals surface area (Å²) in [6.45, 7) is 1.97. The molecule has 0 atom stereocenters. The van der Waals surface area contributed by atoms with E-state index in [1.165, 1.54) is 6.07 Å². The molecule has 0 saturated carbocycles. The number of benzene rings is 2. The highest BCUT2D eigenvalue weighted by atomic mass is 16.5. The van der Waals surface area contributed by atoms with E-state index in [4.69, 9.17) is 4.74 Å². The molecule has 1 heterocycles. The SMILES string of the molecule is CCOC(=O)c1cccc(C(=O)NC(c2ccccc2)c2ccccc2)n1. The van der Waals surface area contributed by atoms with Crippen LogP contribution in [0.5, 0.6) is 0 Å². The molecule has 1 N–H and O–H groups in total. The Morgan fingerprint density at radius 2 is 1.41 bits per heavy atom. The van der Waals surface area contributed by atoms with Gasteiger partial charge in [0.05, 0.1) is 12.6 Å². The second-order valence-electron chi connectivity index (χ2n) is 5.86. The van der Waals surface area contributed by atoms with Gasteiger partial charge in [0.1, 0.15) is 11.4 Å². The van der Waals surface area contributed by atoms with Crippen molar-refractivity contribution >= 4 is 11.9 Å². The number of nitrogens with one attached hydrogen (secondary N) is 1. The summed E-state index contributed by atoms with van der Waals surface area (Å²) in [5.74, 6) is -0.909. The van der Waals surface area contributed by atoms with E-state index in [1.807, 2.05) is 60.7 Å². The molecule has 3 aromatic rings. The van der Waals surface area contributed by atoms with Gasteiger partial charge in [-0.3, -0.25) is 4.79 Å². The fourth-order valence-electron chi connectivity index (χ4n) is 2.74. The molecule has 1 amide bonds. The van der Waals surface area contributed by atoms with Gasteiger partial charge in [0.2, 0.25) is 0 Å². The quantitative estimate of drug-likeness (QED) is 0.679. The Labute approximate surface area is 158 Å². The lowest BCUT2D eigenvalue weighted by Gasteiger charge is -2.19. The molecule has 2 aromatic carbocycles. The van der Waals surface area contributed by atoms with Gasteiger partial charge in [0.25, 0.3) is 5.91 Å². The monoisotopic (exact) mass is 360 g/mol. The average Bonchev–Trinajstić information content (AvgIpc) is 2.73. The van der Waals surface area contributed by atoms with E-state index in [-0.39, 0.29) is 29.9 Å². The summed E-state index contributed by atoms with van der Waals surface area (Å²) < 4.78 is 4.95. The van der Waals surface area contributed by atoms with Crippen LogP contribution in [0.25, 0.3) is 0 Å². The van der Waals surface area contributed by atoms with Crippen LogP contribution in [0.2, 0.25) is 0 Å². The van der Waals surface area contributed by atoms with Crippen molar-refractivity contribution in [3.63, 3.8) is 0 Å². The van der Waals surface area contributed by atoms with Gasteiger partial charge in [0, 0.05) is 0 Å². The molecule has 0 radical (unpaired) electrons. The first kappa shape index (κ1) is 18.3. The van der Waals surface area contributed by atoms with Crippen LogP contribution >= 0.6 is 0 Å². The van der Waals surface area contributed by atoms with E-state index in [0.717, 1.165) is 11.1 Å². The fraction of sp³-hybridized carbons (Fsp3) is 0.136. The third kappa shape index (κ3) is 4.58. The molecular formula is C22H20N2O3. The number of nitrogens with zero attached hydrogens (tertiary/aromatic N) is 1. The largest absolute Gasteiger partial charge is 0.461 e. The van der Waals surface area contributed by atoms with E-state index >= 15 is 0 Å². The Bertz CT molecular complexity index is 872. The molecule has 1 aromatic heterocycles. The summed E-state index contributed by atoms with van der Waals surface area (Å²) in [4.78, 5) is 28.8. The standard InChI is InChI=1S/C22H20N2O3/c1-2-27-22(26)19-15-9-14-18(23-19)21(25)24-20(16-10-5-3-6-11-16)17-12-7-4-8-13-17/h3-15,20H,2H2,1H3,(H,24,25). The highest BCUT2D eigenvalue weighted by molar-refractivity contribution is 5.95. The zero-order chi connectivity index (χ0) is 19.1. The number of carbonyl (C=O) groups is 2. The molecule has 0 bridgehead atoms. The molecule has 5 heteroatoms. The Balaban J connectivity index is 1.87. The van der Waals surface area contributed by atoms with E-state index in [2.05, 4.69) is 10.3 Å². The lowest BCUT2D eigenvalue weighted by atomic mass is 9.98. The molecule has 3 rings (SSSR count). The van der Waals surface area contributed by atoms with Gasteiger partial charge >= 0.3 is 5.97 Å². The van der Waals surface area contributed by atoms with Crippen LogP contribution < -0.4 is 5.32 Å². The lowest BCUT2D eigenvalue weighted by Crippen LogP contribution is -2.30. The molecule has 27 heavy (non-hydrogen) atoms. The zero-order valence-corrected chi connectivity index (χ0v) is 15.0. The third-order valence-electron chi connectivity index (χ3n) is 4.01. The molecule has 0 spiro atoms. The minimum Gasteiger partial charge on any atom is -0.461 e.